The summed E-state index contributed by atoms with van der Waals surface area (Å²) >= 11 is 13.6. The lowest BCUT2D eigenvalue weighted by molar-refractivity contribution is 0.111. The van der Waals surface area contributed by atoms with E-state index in [2.05, 4.69) is 9.97 Å². The van der Waals surface area contributed by atoms with Crippen LogP contribution in [0.1, 0.15) is 15.9 Å². The fourth-order valence-corrected chi connectivity index (χ4v) is 4.32. The molecule has 0 radical (unpaired) electrons. The first kappa shape index (κ1) is 23.7. The lowest BCUT2D eigenvalue weighted by Gasteiger charge is -2.14. The fourth-order valence-electron chi connectivity index (χ4n) is 3.67. The van der Waals surface area contributed by atoms with Gasteiger partial charge in [-0.15, -0.1) is 0 Å². The van der Waals surface area contributed by atoms with Crippen LogP contribution in [-0.4, -0.2) is 30.5 Å². The van der Waals surface area contributed by atoms with Gasteiger partial charge < -0.3 is 9.47 Å². The summed E-state index contributed by atoms with van der Waals surface area (Å²) in [5.74, 6) is -0.127. The van der Waals surface area contributed by atoms with Gasteiger partial charge in [-0.25, -0.2) is 9.37 Å². The molecule has 4 rings (SSSR count). The van der Waals surface area contributed by atoms with Crippen molar-refractivity contribution in [3.63, 3.8) is 0 Å². The number of hydrogen-bond donors (Lipinski definition) is 0. The molecule has 0 bridgehead atoms. The second-order valence-electron chi connectivity index (χ2n) is 7.40. The van der Waals surface area contributed by atoms with E-state index in [1.807, 2.05) is 37.3 Å². The van der Waals surface area contributed by atoms with Gasteiger partial charge in [0.1, 0.15) is 11.6 Å². The number of halogens is 3. The molecular weight excluding hydrogens is 478 g/mol. The molecule has 2 aromatic heterocycles. The summed E-state index contributed by atoms with van der Waals surface area (Å²) in [5, 5.41) is 0.719. The van der Waals surface area contributed by atoms with Crippen molar-refractivity contribution in [2.45, 2.75) is 6.92 Å². The number of methoxy groups -OCH3 is 2. The van der Waals surface area contributed by atoms with E-state index in [1.54, 1.807) is 19.4 Å². The predicted octanol–water partition coefficient (Wildman–Crippen LogP) is 7.06. The monoisotopic (exact) mass is 496 g/mol. The van der Waals surface area contributed by atoms with Crippen LogP contribution < -0.4 is 9.47 Å². The van der Waals surface area contributed by atoms with Gasteiger partial charge in [0.25, 0.3) is 0 Å². The van der Waals surface area contributed by atoms with Crippen molar-refractivity contribution < 1.29 is 18.7 Å². The number of nitrogens with zero attached hydrogens (tertiary/aromatic N) is 2. The van der Waals surface area contributed by atoms with Gasteiger partial charge in [-0.2, -0.15) is 0 Å². The average molecular weight is 497 g/mol. The van der Waals surface area contributed by atoms with Gasteiger partial charge in [-0.3, -0.25) is 9.78 Å². The average Bonchev–Trinajstić information content (AvgIpc) is 2.84. The molecule has 0 saturated heterocycles. The Balaban J connectivity index is 1.86. The normalized spacial score (nSPS) is 10.8. The van der Waals surface area contributed by atoms with Gasteiger partial charge in [-0.1, -0.05) is 47.5 Å². The quantitative estimate of drug-likeness (QED) is 0.267. The molecule has 0 fully saturated rings. The van der Waals surface area contributed by atoms with Crippen LogP contribution in [0.2, 0.25) is 10.0 Å². The Hall–Kier alpha value is -3.48. The lowest BCUT2D eigenvalue weighted by Crippen LogP contribution is -1.97. The van der Waals surface area contributed by atoms with E-state index in [4.69, 9.17) is 32.7 Å². The topological polar surface area (TPSA) is 61.3 Å². The van der Waals surface area contributed by atoms with E-state index in [9.17, 15) is 9.18 Å². The molecule has 5 nitrogen and oxygen atoms in total. The van der Waals surface area contributed by atoms with Crippen LogP contribution in [0, 0.1) is 12.7 Å². The Morgan fingerprint density at radius 3 is 2.38 bits per heavy atom. The molecule has 0 N–H and O–H groups in total. The summed E-state index contributed by atoms with van der Waals surface area (Å²) in [4.78, 5) is 20.1. The summed E-state index contributed by atoms with van der Waals surface area (Å²) in [6, 6.07) is 13.8. The van der Waals surface area contributed by atoms with Gasteiger partial charge in [0, 0.05) is 34.0 Å². The van der Waals surface area contributed by atoms with Crippen LogP contribution >= 0.6 is 23.2 Å². The van der Waals surface area contributed by atoms with Crippen molar-refractivity contribution in [3.05, 3.63) is 81.7 Å². The molecule has 0 aliphatic carbocycles. The largest absolute Gasteiger partial charge is 0.496 e. The number of hydrogen-bond acceptors (Lipinski definition) is 5. The SMILES string of the molecule is COc1cc(-c2nccc(-c3cccc(-c4ccc(C)c(OC)n4)c3Cl)c2Cl)cc(F)c1C=O. The number of aldehydes is 1. The smallest absolute Gasteiger partial charge is 0.216 e. The zero-order valence-corrected chi connectivity index (χ0v) is 20.0. The highest BCUT2D eigenvalue weighted by atomic mass is 35.5. The zero-order valence-electron chi connectivity index (χ0n) is 18.5. The van der Waals surface area contributed by atoms with Gasteiger partial charge in [0.05, 0.1) is 41.2 Å². The third-order valence-corrected chi connectivity index (χ3v) is 6.19. The molecule has 2 aromatic carbocycles. The first-order valence-electron chi connectivity index (χ1n) is 10.2. The van der Waals surface area contributed by atoms with E-state index in [0.29, 0.717) is 50.8 Å². The Morgan fingerprint density at radius 1 is 0.941 bits per heavy atom. The molecule has 0 aliphatic heterocycles. The first-order chi connectivity index (χ1) is 16.4. The Bertz CT molecular complexity index is 1410. The molecule has 0 atom stereocenters. The second kappa shape index (κ2) is 9.79. The third kappa shape index (κ3) is 4.22. The standard InChI is InChI=1S/C26H19Cl2FN2O3/c1-14-7-8-21(31-26(14)34-3)18-6-4-5-16(23(18)27)17-9-10-30-25(24(17)28)15-11-20(29)19(13-32)22(12-15)33-2/h4-13H,1-3H3. The second-order valence-corrected chi connectivity index (χ2v) is 8.16. The van der Waals surface area contributed by atoms with E-state index in [0.717, 1.165) is 5.56 Å². The molecule has 172 valence electrons. The minimum Gasteiger partial charge on any atom is -0.496 e. The maximum absolute atomic E-state index is 14.5. The lowest BCUT2D eigenvalue weighted by atomic mass is 9.99. The van der Waals surface area contributed by atoms with Crippen molar-refractivity contribution in [2.24, 2.45) is 0 Å². The fraction of sp³-hybridized carbons (Fsp3) is 0.115. The molecule has 2 heterocycles. The van der Waals surface area contributed by atoms with E-state index in [1.165, 1.54) is 19.2 Å². The molecule has 0 saturated carbocycles. The summed E-state index contributed by atoms with van der Waals surface area (Å²) < 4.78 is 25.0. The number of carbonyl (C=O) groups is 1. The summed E-state index contributed by atoms with van der Waals surface area (Å²) in [5.41, 5.74) is 4.04. The van der Waals surface area contributed by atoms with Crippen molar-refractivity contribution in [1.82, 2.24) is 9.97 Å². The Labute approximate surface area is 206 Å². The number of rotatable bonds is 6. The molecular formula is C26H19Cl2FN2O3. The van der Waals surface area contributed by atoms with Crippen LogP contribution in [0.3, 0.4) is 0 Å². The van der Waals surface area contributed by atoms with Gasteiger partial charge in [0.15, 0.2) is 6.29 Å². The molecule has 8 heteroatoms. The van der Waals surface area contributed by atoms with Gasteiger partial charge in [0.2, 0.25) is 5.88 Å². The van der Waals surface area contributed by atoms with Crippen LogP contribution in [0.5, 0.6) is 11.6 Å². The highest BCUT2D eigenvalue weighted by Crippen LogP contribution is 2.42. The van der Waals surface area contributed by atoms with Crippen LogP contribution in [0.25, 0.3) is 33.6 Å². The highest BCUT2D eigenvalue weighted by molar-refractivity contribution is 6.39. The summed E-state index contributed by atoms with van der Waals surface area (Å²) in [6.07, 6.45) is 1.97. The molecule has 34 heavy (non-hydrogen) atoms. The maximum atomic E-state index is 14.5. The van der Waals surface area contributed by atoms with Crippen LogP contribution in [0.4, 0.5) is 4.39 Å². The number of aromatic nitrogens is 2. The molecule has 0 unspecified atom stereocenters. The Kier molecular flexibility index (Phi) is 6.82. The van der Waals surface area contributed by atoms with Crippen LogP contribution in [-0.2, 0) is 0 Å². The number of aryl methyl sites for hydroxylation is 1. The van der Waals surface area contributed by atoms with Gasteiger partial charge >= 0.3 is 0 Å². The highest BCUT2D eigenvalue weighted by Gasteiger charge is 2.19. The van der Waals surface area contributed by atoms with E-state index in [-0.39, 0.29) is 16.3 Å². The van der Waals surface area contributed by atoms with E-state index >= 15 is 0 Å². The third-order valence-electron chi connectivity index (χ3n) is 5.40. The van der Waals surface area contributed by atoms with Crippen molar-refractivity contribution in [2.75, 3.05) is 14.2 Å². The molecule has 0 aliphatic rings. The van der Waals surface area contributed by atoms with E-state index < -0.39 is 5.82 Å². The van der Waals surface area contributed by atoms with Crippen molar-refractivity contribution in [1.29, 1.82) is 0 Å². The molecule has 0 amide bonds. The first-order valence-corrected chi connectivity index (χ1v) is 10.9. The predicted molar refractivity (Wildman–Crippen MR) is 132 cm³/mol. The molecule has 4 aromatic rings. The van der Waals surface area contributed by atoms with Crippen molar-refractivity contribution in [3.8, 4) is 45.3 Å². The van der Waals surface area contributed by atoms with Crippen LogP contribution in [0.15, 0.2) is 54.7 Å². The minimum absolute atomic E-state index is 0.0905. The number of benzene rings is 2. The number of pyridine rings is 2. The van der Waals surface area contributed by atoms with Gasteiger partial charge in [-0.05, 0) is 31.2 Å². The maximum Gasteiger partial charge on any atom is 0.216 e. The number of carbonyl (C=O) groups excluding carboxylic acids is 1. The zero-order chi connectivity index (χ0) is 24.4. The Morgan fingerprint density at radius 2 is 1.68 bits per heavy atom. The summed E-state index contributed by atoms with van der Waals surface area (Å²) in [7, 11) is 2.92. The molecule has 0 spiro atoms. The number of ether oxygens (including phenoxy) is 2. The van der Waals surface area contributed by atoms with Crippen molar-refractivity contribution >= 4 is 29.5 Å². The summed E-state index contributed by atoms with van der Waals surface area (Å²) in [6.45, 7) is 1.91. The minimum atomic E-state index is -0.730.